The van der Waals surface area contributed by atoms with Crippen LogP contribution in [0.1, 0.15) is 5.56 Å². The fraction of sp³-hybridized carbons (Fsp3) is 0.250. The second kappa shape index (κ2) is 6.20. The summed E-state index contributed by atoms with van der Waals surface area (Å²) in [6, 6.07) is 5.75. The normalized spacial score (nSPS) is 10.3. The first-order valence-electron chi connectivity index (χ1n) is 5.59. The molecule has 6 heteroatoms. The summed E-state index contributed by atoms with van der Waals surface area (Å²) >= 11 is 1.48. The number of rotatable bonds is 5. The number of nitrogens with one attached hydrogen (secondary N) is 1. The van der Waals surface area contributed by atoms with E-state index in [1.54, 1.807) is 18.5 Å². The van der Waals surface area contributed by atoms with E-state index in [2.05, 4.69) is 20.3 Å². The molecular formula is C12H15N5S. The number of hydrogen-bond acceptors (Lipinski definition) is 6. The van der Waals surface area contributed by atoms with E-state index in [-0.39, 0.29) is 0 Å². The van der Waals surface area contributed by atoms with Gasteiger partial charge in [-0.05, 0) is 30.4 Å². The summed E-state index contributed by atoms with van der Waals surface area (Å²) in [7, 11) is 0. The van der Waals surface area contributed by atoms with Crippen LogP contribution in [0, 0.1) is 0 Å². The molecule has 0 aromatic carbocycles. The average molecular weight is 261 g/mol. The molecule has 3 N–H and O–H groups in total. The Bertz CT molecular complexity index is 503. The molecule has 2 aromatic heterocycles. The number of nitrogen functional groups attached to an aromatic ring is 1. The molecular weight excluding hydrogens is 246 g/mol. The Hall–Kier alpha value is -1.82. The Morgan fingerprint density at radius 2 is 2.06 bits per heavy atom. The molecule has 0 atom stereocenters. The molecule has 0 saturated heterocycles. The van der Waals surface area contributed by atoms with Crippen molar-refractivity contribution in [3.63, 3.8) is 0 Å². The van der Waals surface area contributed by atoms with Crippen molar-refractivity contribution in [3.05, 3.63) is 36.2 Å². The zero-order valence-corrected chi connectivity index (χ0v) is 10.9. The van der Waals surface area contributed by atoms with Crippen LogP contribution in [0.2, 0.25) is 0 Å². The van der Waals surface area contributed by atoms with Gasteiger partial charge in [-0.2, -0.15) is 0 Å². The van der Waals surface area contributed by atoms with Crippen LogP contribution in [-0.2, 0) is 6.42 Å². The van der Waals surface area contributed by atoms with Gasteiger partial charge >= 0.3 is 0 Å². The molecule has 5 nitrogen and oxygen atoms in total. The lowest BCUT2D eigenvalue weighted by Gasteiger charge is -2.07. The smallest absolute Gasteiger partial charge is 0.191 e. The van der Waals surface area contributed by atoms with Crippen molar-refractivity contribution >= 4 is 23.4 Å². The minimum atomic E-state index is 0.487. The summed E-state index contributed by atoms with van der Waals surface area (Å²) in [4.78, 5) is 12.4. The molecule has 0 radical (unpaired) electrons. The van der Waals surface area contributed by atoms with E-state index < -0.39 is 0 Å². The second-order valence-corrected chi connectivity index (χ2v) is 4.47. The zero-order chi connectivity index (χ0) is 12.8. The highest BCUT2D eigenvalue weighted by atomic mass is 32.2. The van der Waals surface area contributed by atoms with Crippen LogP contribution in [0.4, 0.5) is 11.6 Å². The van der Waals surface area contributed by atoms with Crippen LogP contribution in [0.15, 0.2) is 35.7 Å². The van der Waals surface area contributed by atoms with Crippen molar-refractivity contribution in [1.29, 1.82) is 0 Å². The van der Waals surface area contributed by atoms with Gasteiger partial charge in [0.05, 0.1) is 0 Å². The monoisotopic (exact) mass is 261 g/mol. The molecule has 0 saturated carbocycles. The van der Waals surface area contributed by atoms with Gasteiger partial charge in [0.25, 0.3) is 0 Å². The maximum atomic E-state index is 5.71. The first-order chi connectivity index (χ1) is 8.78. The fourth-order valence-corrected chi connectivity index (χ4v) is 1.90. The van der Waals surface area contributed by atoms with Gasteiger partial charge in [-0.15, -0.1) is 0 Å². The fourth-order valence-electron chi connectivity index (χ4n) is 1.51. The van der Waals surface area contributed by atoms with Gasteiger partial charge in [-0.25, -0.2) is 9.97 Å². The van der Waals surface area contributed by atoms with Crippen molar-refractivity contribution < 1.29 is 0 Å². The Kier molecular flexibility index (Phi) is 4.35. The molecule has 0 bridgehead atoms. The highest BCUT2D eigenvalue weighted by Crippen LogP contribution is 2.15. The van der Waals surface area contributed by atoms with Crippen molar-refractivity contribution in [2.24, 2.45) is 0 Å². The summed E-state index contributed by atoms with van der Waals surface area (Å²) in [5, 5.41) is 3.93. The number of anilines is 2. The van der Waals surface area contributed by atoms with Gasteiger partial charge in [-0.3, -0.25) is 4.98 Å². The number of nitrogens with zero attached hydrogens (tertiary/aromatic N) is 3. The lowest BCUT2D eigenvalue weighted by atomic mass is 10.2. The van der Waals surface area contributed by atoms with E-state index in [1.807, 2.05) is 18.4 Å². The topological polar surface area (TPSA) is 76.7 Å². The Morgan fingerprint density at radius 3 is 2.78 bits per heavy atom. The first kappa shape index (κ1) is 12.6. The average Bonchev–Trinajstić information content (AvgIpc) is 2.39. The highest BCUT2D eigenvalue weighted by molar-refractivity contribution is 7.98. The van der Waals surface area contributed by atoms with Crippen LogP contribution in [0.3, 0.4) is 0 Å². The van der Waals surface area contributed by atoms with Crippen LogP contribution >= 0.6 is 11.8 Å². The largest absolute Gasteiger partial charge is 0.383 e. The lowest BCUT2D eigenvalue weighted by molar-refractivity contribution is 0.945. The molecule has 2 aromatic rings. The predicted molar refractivity (Wildman–Crippen MR) is 74.7 cm³/mol. The van der Waals surface area contributed by atoms with E-state index >= 15 is 0 Å². The molecule has 18 heavy (non-hydrogen) atoms. The summed E-state index contributed by atoms with van der Waals surface area (Å²) in [5.41, 5.74) is 6.95. The number of hydrogen-bond donors (Lipinski definition) is 2. The molecule has 2 rings (SSSR count). The number of aromatic nitrogens is 3. The summed E-state index contributed by atoms with van der Waals surface area (Å²) < 4.78 is 0. The second-order valence-electron chi connectivity index (χ2n) is 3.70. The SMILES string of the molecule is CSc1nc(N)cc(NCCc2ccncc2)n1. The molecule has 0 unspecified atom stereocenters. The van der Waals surface area contributed by atoms with Gasteiger partial charge < -0.3 is 11.1 Å². The third kappa shape index (κ3) is 3.59. The predicted octanol–water partition coefficient (Wildman–Crippen LogP) is 1.83. The van der Waals surface area contributed by atoms with E-state index in [0.29, 0.717) is 11.0 Å². The molecule has 0 aliphatic carbocycles. The van der Waals surface area contributed by atoms with Crippen LogP contribution in [0.5, 0.6) is 0 Å². The minimum absolute atomic E-state index is 0.487. The van der Waals surface area contributed by atoms with Crippen molar-refractivity contribution in [3.8, 4) is 0 Å². The standard InChI is InChI=1S/C12H15N5S/c1-18-12-16-10(13)8-11(17-12)15-7-4-9-2-5-14-6-3-9/h2-3,5-6,8H,4,7H2,1H3,(H3,13,15,16,17). The van der Waals surface area contributed by atoms with Crippen LogP contribution in [-0.4, -0.2) is 27.8 Å². The van der Waals surface area contributed by atoms with E-state index in [0.717, 1.165) is 18.8 Å². The Morgan fingerprint density at radius 1 is 1.28 bits per heavy atom. The maximum absolute atomic E-state index is 5.71. The van der Waals surface area contributed by atoms with Crippen molar-refractivity contribution in [2.75, 3.05) is 23.9 Å². The summed E-state index contributed by atoms with van der Waals surface area (Å²) in [6.45, 7) is 0.800. The van der Waals surface area contributed by atoms with Crippen molar-refractivity contribution in [1.82, 2.24) is 15.0 Å². The van der Waals surface area contributed by atoms with Crippen LogP contribution in [0.25, 0.3) is 0 Å². The molecule has 0 spiro atoms. The van der Waals surface area contributed by atoms with Gasteiger partial charge in [0.1, 0.15) is 11.6 Å². The van der Waals surface area contributed by atoms with Gasteiger partial charge in [0, 0.05) is 25.0 Å². The molecule has 94 valence electrons. The number of nitrogens with two attached hydrogens (primary N) is 1. The molecule has 0 fully saturated rings. The Labute approximate surface area is 110 Å². The summed E-state index contributed by atoms with van der Waals surface area (Å²) in [5.74, 6) is 1.25. The minimum Gasteiger partial charge on any atom is -0.383 e. The van der Waals surface area contributed by atoms with Gasteiger partial charge in [0.2, 0.25) is 0 Å². The third-order valence-corrected chi connectivity index (χ3v) is 2.92. The Balaban J connectivity index is 1.92. The molecule has 0 aliphatic heterocycles. The molecule has 2 heterocycles. The van der Waals surface area contributed by atoms with Gasteiger partial charge in [-0.1, -0.05) is 11.8 Å². The molecule has 0 aliphatic rings. The zero-order valence-electron chi connectivity index (χ0n) is 10.1. The van der Waals surface area contributed by atoms with E-state index in [1.165, 1.54) is 17.3 Å². The van der Waals surface area contributed by atoms with Crippen LogP contribution < -0.4 is 11.1 Å². The van der Waals surface area contributed by atoms with E-state index in [9.17, 15) is 0 Å². The number of pyridine rings is 1. The van der Waals surface area contributed by atoms with E-state index in [4.69, 9.17) is 5.73 Å². The number of thioether (sulfide) groups is 1. The first-order valence-corrected chi connectivity index (χ1v) is 6.82. The lowest BCUT2D eigenvalue weighted by Crippen LogP contribution is -2.08. The highest BCUT2D eigenvalue weighted by Gasteiger charge is 2.01. The third-order valence-electron chi connectivity index (χ3n) is 2.38. The van der Waals surface area contributed by atoms with Crippen molar-refractivity contribution in [2.45, 2.75) is 11.6 Å². The quantitative estimate of drug-likeness (QED) is 0.631. The summed E-state index contributed by atoms with van der Waals surface area (Å²) in [6.07, 6.45) is 6.43. The maximum Gasteiger partial charge on any atom is 0.191 e. The molecule has 0 amide bonds. The van der Waals surface area contributed by atoms with Gasteiger partial charge in [0.15, 0.2) is 5.16 Å².